The van der Waals surface area contributed by atoms with Gasteiger partial charge in [-0.3, -0.25) is 9.59 Å². The predicted octanol–water partition coefficient (Wildman–Crippen LogP) is 9.63. The smallest absolute Gasteiger partial charge is 0.257 e. The Hall–Kier alpha value is -2.31. The first-order valence-corrected chi connectivity index (χ1v) is 28.0. The molecule has 0 aliphatic carbocycles. The number of nitrogen functional groups attached to an aromatic ring is 1. The zero-order valence-electron chi connectivity index (χ0n) is 33.3. The van der Waals surface area contributed by atoms with E-state index in [1.54, 1.807) is 18.2 Å². The molecule has 2 atom stereocenters. The lowest BCUT2D eigenvalue weighted by Gasteiger charge is -2.51. The van der Waals surface area contributed by atoms with E-state index in [1.807, 2.05) is 45.2 Å². The van der Waals surface area contributed by atoms with E-state index in [0.717, 1.165) is 73.4 Å². The Labute approximate surface area is 417 Å². The van der Waals surface area contributed by atoms with Gasteiger partial charge in [0.1, 0.15) is 22.8 Å². The Morgan fingerprint density at radius 1 is 0.625 bits per heavy atom. The predicted molar refractivity (Wildman–Crippen MR) is 266 cm³/mol. The number of nitrogens with zero attached hydrogens (tertiary/aromatic N) is 2. The second-order valence-corrected chi connectivity index (χ2v) is 17.9. The fourth-order valence-electron chi connectivity index (χ4n) is 7.69. The van der Waals surface area contributed by atoms with Gasteiger partial charge in [0.15, 0.2) is 29.1 Å². The molecular formula is C43H47F7I4N6O4. The van der Waals surface area contributed by atoms with E-state index in [2.05, 4.69) is 53.2 Å². The summed E-state index contributed by atoms with van der Waals surface area (Å²) >= 11 is 8.20. The average Bonchev–Trinajstić information content (AvgIpc) is 3.26. The van der Waals surface area contributed by atoms with Crippen molar-refractivity contribution in [2.24, 2.45) is 0 Å². The molecule has 350 valence electrons. The molecule has 0 unspecified atom stereocenters. The molecule has 4 heterocycles. The van der Waals surface area contributed by atoms with Crippen molar-refractivity contribution >= 4 is 111 Å². The molecule has 4 saturated heterocycles. The third-order valence-corrected chi connectivity index (χ3v) is 12.4. The van der Waals surface area contributed by atoms with Crippen LogP contribution in [0.1, 0.15) is 66.7 Å². The molecule has 0 aromatic heterocycles. The first kappa shape index (κ1) is 54.3. The molecule has 21 heteroatoms. The number of rotatable bonds is 6. The molecule has 4 aromatic rings. The van der Waals surface area contributed by atoms with Gasteiger partial charge in [-0.2, -0.15) is 0 Å². The molecular weight excluding hydrogens is 1310 g/mol. The molecule has 2 amide bonds. The van der Waals surface area contributed by atoms with Crippen molar-refractivity contribution in [3.8, 4) is 0 Å². The van der Waals surface area contributed by atoms with Crippen LogP contribution in [0.2, 0.25) is 0 Å². The molecule has 4 aromatic carbocycles. The zero-order chi connectivity index (χ0) is 46.2. The molecule has 0 radical (unpaired) electrons. The van der Waals surface area contributed by atoms with E-state index in [-0.39, 0.29) is 68.4 Å². The second-order valence-electron chi connectivity index (χ2n) is 15.5. The van der Waals surface area contributed by atoms with Crippen molar-refractivity contribution in [3.63, 3.8) is 0 Å². The third kappa shape index (κ3) is 13.0. The number of piperidine rings is 2. The minimum absolute atomic E-state index is 0. The standard InChI is InChI=1S/C21H21F3IN3O2.C15H17F3N2O2.C6H5FIN.CH4.I2/c22-14-6-5-13(19(18(14)24)27-16-7-4-12(25)9-15(16)23)20(29)28-10-21(30,11-28)17-3-1-2-8-26-17;16-10-5-4-9(12(17)13(10)18)14(21)20-7-15(22,8-20)11-3-1-2-6-19-11;7-5-3-4(8)1-2-6(5)9;;1-2/h4-7,9,17,26-27,30H,1-3,8,10-11H2;4-5,11,19,22H,1-3,6-8H2;1-3H,9H2;1H4;/t17-;11-;;;/m00.../s1. The largest absolute Gasteiger partial charge is 0.396 e. The average molecular weight is 1350 g/mol. The van der Waals surface area contributed by atoms with Crippen LogP contribution in [-0.2, 0) is 0 Å². The minimum atomic E-state index is -1.66. The summed E-state index contributed by atoms with van der Waals surface area (Å²) in [7, 11) is 0. The van der Waals surface area contributed by atoms with Gasteiger partial charge in [-0.15, -0.1) is 0 Å². The van der Waals surface area contributed by atoms with E-state index < -0.39 is 69.2 Å². The topological polar surface area (TPSA) is 143 Å². The highest BCUT2D eigenvalue weighted by atomic mass is 128. The summed E-state index contributed by atoms with van der Waals surface area (Å²) in [5.41, 5.74) is 2.21. The number of nitrogens with two attached hydrogens (primary N) is 1. The number of carbonyl (C=O) groups is 2. The maximum atomic E-state index is 14.6. The number of carbonyl (C=O) groups excluding carboxylic acids is 2. The zero-order valence-corrected chi connectivity index (χ0v) is 41.9. The monoisotopic (exact) mass is 1350 g/mol. The molecule has 0 spiro atoms. The SMILES string of the molecule is C.II.Nc1ccc(I)cc1F.O=C(c1ccc(F)c(F)c1F)N1CC(O)([C@@H]2CCCCN2)C1.O=C(c1ccc(F)c(F)c1Nc1ccc(I)cc1F)N1CC(O)([C@@H]2CCCCN2)C1. The van der Waals surface area contributed by atoms with Gasteiger partial charge in [0.05, 0.1) is 54.4 Å². The Morgan fingerprint density at radius 2 is 1.08 bits per heavy atom. The minimum Gasteiger partial charge on any atom is -0.396 e. The molecule has 10 nitrogen and oxygen atoms in total. The lowest BCUT2D eigenvalue weighted by atomic mass is 9.81. The number of nitrogens with one attached hydrogen (secondary N) is 3. The molecule has 8 rings (SSSR count). The second kappa shape index (κ2) is 24.1. The summed E-state index contributed by atoms with van der Waals surface area (Å²) in [6.45, 7) is 1.95. The van der Waals surface area contributed by atoms with Crippen LogP contribution < -0.4 is 21.7 Å². The van der Waals surface area contributed by atoms with Gasteiger partial charge < -0.3 is 41.7 Å². The number of aliphatic hydroxyl groups is 2. The lowest BCUT2D eigenvalue weighted by molar-refractivity contribution is -0.108. The molecule has 64 heavy (non-hydrogen) atoms. The summed E-state index contributed by atoms with van der Waals surface area (Å²) < 4.78 is 96.3. The molecule has 0 bridgehead atoms. The third-order valence-electron chi connectivity index (χ3n) is 11.1. The molecule has 4 aliphatic heterocycles. The van der Waals surface area contributed by atoms with Gasteiger partial charge in [0.25, 0.3) is 11.8 Å². The fraction of sp³-hybridized carbons (Fsp3) is 0.395. The summed E-state index contributed by atoms with van der Waals surface area (Å²) in [6.07, 6.45) is 5.75. The molecule has 4 fully saturated rings. The van der Waals surface area contributed by atoms with Crippen LogP contribution in [0.5, 0.6) is 0 Å². The lowest BCUT2D eigenvalue weighted by Crippen LogP contribution is -2.72. The number of anilines is 3. The fourth-order valence-corrected chi connectivity index (χ4v) is 8.59. The van der Waals surface area contributed by atoms with E-state index in [0.29, 0.717) is 3.57 Å². The highest BCUT2D eigenvalue weighted by Crippen LogP contribution is 2.35. The van der Waals surface area contributed by atoms with Crippen LogP contribution in [0.25, 0.3) is 0 Å². The van der Waals surface area contributed by atoms with E-state index >= 15 is 0 Å². The van der Waals surface area contributed by atoms with E-state index in [4.69, 9.17) is 5.73 Å². The Balaban J connectivity index is 0.000000231. The Bertz CT molecular complexity index is 2260. The Kier molecular flexibility index (Phi) is 20.5. The van der Waals surface area contributed by atoms with Crippen molar-refractivity contribution in [1.82, 2.24) is 20.4 Å². The van der Waals surface area contributed by atoms with Gasteiger partial charge in [0, 0.05) is 56.5 Å². The van der Waals surface area contributed by atoms with Crippen molar-refractivity contribution in [2.75, 3.05) is 50.3 Å². The highest BCUT2D eigenvalue weighted by Gasteiger charge is 2.51. The maximum Gasteiger partial charge on any atom is 0.257 e. The van der Waals surface area contributed by atoms with Gasteiger partial charge in [0.2, 0.25) is 0 Å². The molecule has 0 saturated carbocycles. The Morgan fingerprint density at radius 3 is 1.53 bits per heavy atom. The number of hydrogen-bond donors (Lipinski definition) is 6. The number of β-amino-alcohol motifs (C(OH)–C–C–N with tert-alkyl or cyclic N) is 2. The van der Waals surface area contributed by atoms with Crippen molar-refractivity contribution in [3.05, 3.63) is 120 Å². The maximum absolute atomic E-state index is 14.6. The van der Waals surface area contributed by atoms with Crippen LogP contribution in [0.3, 0.4) is 0 Å². The first-order chi connectivity index (χ1) is 29.9. The van der Waals surface area contributed by atoms with Crippen LogP contribution in [-0.4, -0.2) is 94.4 Å². The highest BCUT2D eigenvalue weighted by molar-refractivity contribution is 15.0. The van der Waals surface area contributed by atoms with Gasteiger partial charge in [-0.1, -0.05) is 20.3 Å². The quantitative estimate of drug-likeness (QED) is 0.0486. The van der Waals surface area contributed by atoms with Crippen LogP contribution in [0, 0.1) is 47.9 Å². The summed E-state index contributed by atoms with van der Waals surface area (Å²) in [5, 5.41) is 30.3. The van der Waals surface area contributed by atoms with Gasteiger partial charge in [-0.25, -0.2) is 30.7 Å². The summed E-state index contributed by atoms with van der Waals surface area (Å²) in [4.78, 5) is 27.8. The van der Waals surface area contributed by atoms with Crippen molar-refractivity contribution < 1.29 is 50.5 Å². The van der Waals surface area contributed by atoms with Gasteiger partial charge in [-0.05, 0) is 145 Å². The first-order valence-electron chi connectivity index (χ1n) is 19.6. The number of likely N-dealkylation sites (tertiary alicyclic amines) is 2. The normalized spacial score (nSPS) is 19.3. The van der Waals surface area contributed by atoms with Gasteiger partial charge >= 0.3 is 0 Å². The molecule has 4 aliphatic rings. The van der Waals surface area contributed by atoms with Crippen molar-refractivity contribution in [2.45, 2.75) is 69.2 Å². The number of benzene rings is 4. The van der Waals surface area contributed by atoms with Crippen LogP contribution in [0.4, 0.5) is 47.8 Å². The number of amides is 2. The van der Waals surface area contributed by atoms with Crippen LogP contribution >= 0.6 is 82.4 Å². The summed E-state index contributed by atoms with van der Waals surface area (Å²) in [5.74, 6) is -9.17. The summed E-state index contributed by atoms with van der Waals surface area (Å²) in [6, 6.07) is 12.5. The van der Waals surface area contributed by atoms with Crippen molar-refractivity contribution in [1.29, 1.82) is 0 Å². The van der Waals surface area contributed by atoms with Crippen LogP contribution in [0.15, 0.2) is 60.7 Å². The molecule has 7 N–H and O–H groups in total. The van der Waals surface area contributed by atoms with E-state index in [9.17, 15) is 50.5 Å². The number of halogens is 11. The van der Waals surface area contributed by atoms with E-state index in [1.165, 1.54) is 34.1 Å². The number of hydrogen-bond acceptors (Lipinski definition) is 8.